The number of benzene rings is 1. The van der Waals surface area contributed by atoms with Gasteiger partial charge in [-0.25, -0.2) is 9.78 Å². The highest BCUT2D eigenvalue weighted by molar-refractivity contribution is 7.14. The van der Waals surface area contributed by atoms with Gasteiger partial charge in [0.1, 0.15) is 16.5 Å². The monoisotopic (exact) mass is 398 g/mol. The number of carbonyl (C=O) groups excluding carboxylic acids is 1. The molecule has 0 aliphatic rings. The molecule has 0 amide bonds. The lowest BCUT2D eigenvalue weighted by atomic mass is 10.1. The molecule has 0 spiro atoms. The Morgan fingerprint density at radius 3 is 2.93 bits per heavy atom. The van der Waals surface area contributed by atoms with Gasteiger partial charge in [0, 0.05) is 28.0 Å². The highest BCUT2D eigenvalue weighted by atomic mass is 32.1. The van der Waals surface area contributed by atoms with E-state index in [0.717, 1.165) is 16.1 Å². The van der Waals surface area contributed by atoms with Crippen LogP contribution in [0.4, 0.5) is 0 Å². The van der Waals surface area contributed by atoms with E-state index in [1.807, 2.05) is 41.1 Å². The van der Waals surface area contributed by atoms with Gasteiger partial charge in [0.15, 0.2) is 18.1 Å². The number of nitrogens with zero attached hydrogens (tertiary/aromatic N) is 2. The molecule has 0 N–H and O–H groups in total. The third kappa shape index (κ3) is 3.76. The maximum absolute atomic E-state index is 12.2. The van der Waals surface area contributed by atoms with Crippen LogP contribution in [0, 0.1) is 0 Å². The first-order chi connectivity index (χ1) is 13.2. The zero-order valence-corrected chi connectivity index (χ0v) is 15.9. The number of hydrogen-bond donors (Lipinski definition) is 0. The van der Waals surface area contributed by atoms with Crippen molar-refractivity contribution in [1.29, 1.82) is 0 Å². The average Bonchev–Trinajstić information content (AvgIpc) is 3.47. The van der Waals surface area contributed by atoms with E-state index < -0.39 is 5.97 Å². The largest absolute Gasteiger partial charge is 0.496 e. The Morgan fingerprint density at radius 2 is 2.11 bits per heavy atom. The molecule has 0 atom stereocenters. The van der Waals surface area contributed by atoms with E-state index in [9.17, 15) is 4.79 Å². The standard InChI is InChI=1S/C19H14N2O4S2/c1-23-17-5-3-2-4-14(17)15-8-13(25-21-15)9-24-19(22)16-11-27-18(20-16)12-6-7-26-10-12/h2-8,10-11H,9H2,1H3. The minimum atomic E-state index is -0.497. The minimum Gasteiger partial charge on any atom is -0.496 e. The van der Waals surface area contributed by atoms with Crippen molar-refractivity contribution in [3.05, 3.63) is 64.0 Å². The molecule has 1 aromatic carbocycles. The summed E-state index contributed by atoms with van der Waals surface area (Å²) in [5.74, 6) is 0.637. The molecule has 3 aromatic heterocycles. The van der Waals surface area contributed by atoms with Gasteiger partial charge in [-0.2, -0.15) is 11.3 Å². The first-order valence-electron chi connectivity index (χ1n) is 7.99. The van der Waals surface area contributed by atoms with E-state index in [0.29, 0.717) is 17.2 Å². The number of aromatic nitrogens is 2. The number of para-hydroxylation sites is 1. The fourth-order valence-corrected chi connectivity index (χ4v) is 3.96. The Balaban J connectivity index is 1.42. The van der Waals surface area contributed by atoms with Crippen LogP contribution in [-0.2, 0) is 11.3 Å². The number of hydrogen-bond acceptors (Lipinski definition) is 8. The van der Waals surface area contributed by atoms with E-state index in [1.165, 1.54) is 11.3 Å². The van der Waals surface area contributed by atoms with Crippen LogP contribution in [0.1, 0.15) is 16.2 Å². The number of carbonyl (C=O) groups is 1. The quantitative estimate of drug-likeness (QED) is 0.431. The Labute approximate surface area is 163 Å². The van der Waals surface area contributed by atoms with E-state index in [-0.39, 0.29) is 12.3 Å². The normalized spacial score (nSPS) is 10.7. The summed E-state index contributed by atoms with van der Waals surface area (Å²) in [6, 6.07) is 11.2. The summed E-state index contributed by atoms with van der Waals surface area (Å²) in [5, 5.41) is 10.5. The molecule has 0 fully saturated rings. The van der Waals surface area contributed by atoms with Crippen molar-refractivity contribution in [3.8, 4) is 27.6 Å². The fourth-order valence-electron chi connectivity index (χ4n) is 2.46. The van der Waals surface area contributed by atoms with Crippen molar-refractivity contribution >= 4 is 28.6 Å². The van der Waals surface area contributed by atoms with Crippen LogP contribution in [0.15, 0.2) is 57.1 Å². The van der Waals surface area contributed by atoms with Crippen LogP contribution < -0.4 is 4.74 Å². The molecule has 4 rings (SSSR count). The van der Waals surface area contributed by atoms with E-state index in [1.54, 1.807) is 29.9 Å². The van der Waals surface area contributed by atoms with Gasteiger partial charge in [0.2, 0.25) is 0 Å². The maximum Gasteiger partial charge on any atom is 0.358 e. The SMILES string of the molecule is COc1ccccc1-c1cc(COC(=O)c2csc(-c3ccsc3)n2)on1. The van der Waals surface area contributed by atoms with Gasteiger partial charge in [-0.15, -0.1) is 11.3 Å². The second kappa shape index (κ2) is 7.73. The fraction of sp³-hybridized carbons (Fsp3) is 0.105. The molecule has 0 aliphatic heterocycles. The first-order valence-corrected chi connectivity index (χ1v) is 9.81. The lowest BCUT2D eigenvalue weighted by molar-refractivity contribution is 0.0431. The van der Waals surface area contributed by atoms with E-state index >= 15 is 0 Å². The zero-order chi connectivity index (χ0) is 18.6. The van der Waals surface area contributed by atoms with Gasteiger partial charge in [-0.1, -0.05) is 17.3 Å². The number of thiazole rings is 1. The number of thiophene rings is 1. The van der Waals surface area contributed by atoms with Crippen LogP contribution >= 0.6 is 22.7 Å². The van der Waals surface area contributed by atoms with Gasteiger partial charge in [0.25, 0.3) is 0 Å². The topological polar surface area (TPSA) is 74.5 Å². The van der Waals surface area contributed by atoms with Crippen molar-refractivity contribution in [2.75, 3.05) is 7.11 Å². The van der Waals surface area contributed by atoms with E-state index in [2.05, 4.69) is 10.1 Å². The Morgan fingerprint density at radius 1 is 1.22 bits per heavy atom. The van der Waals surface area contributed by atoms with Crippen molar-refractivity contribution in [2.24, 2.45) is 0 Å². The Kier molecular flexibility index (Phi) is 4.99. The number of rotatable bonds is 6. The predicted molar refractivity (Wildman–Crippen MR) is 103 cm³/mol. The van der Waals surface area contributed by atoms with Crippen molar-refractivity contribution < 1.29 is 18.8 Å². The van der Waals surface area contributed by atoms with Crippen molar-refractivity contribution in [1.82, 2.24) is 10.1 Å². The number of ether oxygens (including phenoxy) is 2. The van der Waals surface area contributed by atoms with Crippen molar-refractivity contribution in [3.63, 3.8) is 0 Å². The molecule has 6 nitrogen and oxygen atoms in total. The summed E-state index contributed by atoms with van der Waals surface area (Å²) < 4.78 is 15.9. The summed E-state index contributed by atoms with van der Waals surface area (Å²) in [4.78, 5) is 16.5. The van der Waals surface area contributed by atoms with Crippen LogP contribution in [0.5, 0.6) is 5.75 Å². The summed E-state index contributed by atoms with van der Waals surface area (Å²) in [6.07, 6.45) is 0. The molecule has 136 valence electrons. The molecule has 3 heterocycles. The summed E-state index contributed by atoms with van der Waals surface area (Å²) in [7, 11) is 1.60. The third-order valence-electron chi connectivity index (χ3n) is 3.77. The predicted octanol–water partition coefficient (Wildman–Crippen LogP) is 4.89. The molecule has 0 aliphatic carbocycles. The van der Waals surface area contributed by atoms with Gasteiger partial charge in [-0.3, -0.25) is 0 Å². The van der Waals surface area contributed by atoms with Gasteiger partial charge in [-0.05, 0) is 23.6 Å². The molecule has 4 aromatic rings. The zero-order valence-electron chi connectivity index (χ0n) is 14.2. The Bertz CT molecular complexity index is 1050. The molecule has 27 heavy (non-hydrogen) atoms. The highest BCUT2D eigenvalue weighted by Crippen LogP contribution is 2.29. The molecule has 0 unspecified atom stereocenters. The molecule has 0 saturated carbocycles. The highest BCUT2D eigenvalue weighted by Gasteiger charge is 2.16. The van der Waals surface area contributed by atoms with Crippen LogP contribution in [0.25, 0.3) is 21.8 Å². The van der Waals surface area contributed by atoms with Crippen LogP contribution in [0.2, 0.25) is 0 Å². The minimum absolute atomic E-state index is 0.0215. The molecule has 0 bridgehead atoms. The van der Waals surface area contributed by atoms with Gasteiger partial charge < -0.3 is 14.0 Å². The third-order valence-corrected chi connectivity index (χ3v) is 5.34. The lowest BCUT2D eigenvalue weighted by Gasteiger charge is -2.03. The van der Waals surface area contributed by atoms with Gasteiger partial charge in [0.05, 0.1) is 7.11 Å². The van der Waals surface area contributed by atoms with E-state index in [4.69, 9.17) is 14.0 Å². The number of methoxy groups -OCH3 is 1. The first kappa shape index (κ1) is 17.4. The average molecular weight is 398 g/mol. The summed E-state index contributed by atoms with van der Waals surface area (Å²) in [5.41, 5.74) is 2.71. The van der Waals surface area contributed by atoms with Crippen LogP contribution in [0.3, 0.4) is 0 Å². The van der Waals surface area contributed by atoms with Crippen LogP contribution in [-0.4, -0.2) is 23.2 Å². The molecule has 0 saturated heterocycles. The smallest absolute Gasteiger partial charge is 0.358 e. The lowest BCUT2D eigenvalue weighted by Crippen LogP contribution is -2.05. The molecular formula is C19H14N2O4S2. The molecular weight excluding hydrogens is 384 g/mol. The van der Waals surface area contributed by atoms with Gasteiger partial charge >= 0.3 is 5.97 Å². The Hall–Kier alpha value is -2.97. The van der Waals surface area contributed by atoms with Crippen molar-refractivity contribution in [2.45, 2.75) is 6.61 Å². The number of esters is 1. The summed E-state index contributed by atoms with van der Waals surface area (Å²) in [6.45, 7) is -0.0215. The second-order valence-electron chi connectivity index (χ2n) is 5.50. The maximum atomic E-state index is 12.2. The molecule has 8 heteroatoms. The summed E-state index contributed by atoms with van der Waals surface area (Å²) >= 11 is 2.99. The second-order valence-corrected chi connectivity index (χ2v) is 7.14. The molecule has 0 radical (unpaired) electrons.